The predicted molar refractivity (Wildman–Crippen MR) is 131 cm³/mol. The van der Waals surface area contributed by atoms with Gasteiger partial charge in [-0.3, -0.25) is 14.6 Å². The first-order valence-electron chi connectivity index (χ1n) is 11.3. The van der Waals surface area contributed by atoms with Gasteiger partial charge in [-0.25, -0.2) is 4.98 Å². The van der Waals surface area contributed by atoms with Crippen molar-refractivity contribution in [3.05, 3.63) is 77.3 Å². The minimum Gasteiger partial charge on any atom is -0.490 e. The van der Waals surface area contributed by atoms with Gasteiger partial charge in [-0.15, -0.1) is 0 Å². The maximum atomic E-state index is 12.9. The molecule has 1 aromatic heterocycles. The summed E-state index contributed by atoms with van der Waals surface area (Å²) < 4.78 is 44.9. The molecule has 1 fully saturated rings. The number of aryl methyl sites for hydroxylation is 1. The lowest BCUT2D eigenvalue weighted by molar-refractivity contribution is -0.141. The van der Waals surface area contributed by atoms with Crippen molar-refractivity contribution in [2.75, 3.05) is 18.4 Å². The Morgan fingerprint density at radius 1 is 1.22 bits per heavy atom. The van der Waals surface area contributed by atoms with Gasteiger partial charge in [0.25, 0.3) is 11.8 Å². The number of hydrogen-bond donors (Lipinski definition) is 1. The Kier molecular flexibility index (Phi) is 8.63. The molecule has 2 aromatic rings. The van der Waals surface area contributed by atoms with Crippen LogP contribution in [0.5, 0.6) is 5.75 Å². The number of carbonyl (C=O) groups is 2. The molecule has 2 heterocycles. The van der Waals surface area contributed by atoms with E-state index >= 15 is 0 Å². The maximum absolute atomic E-state index is 12.9. The monoisotopic (exact) mass is 500 g/mol. The number of piperidine rings is 1. The predicted octanol–water partition coefficient (Wildman–Crippen LogP) is 5.19. The molecule has 0 unspecified atom stereocenters. The van der Waals surface area contributed by atoms with Crippen LogP contribution in [0, 0.1) is 6.92 Å². The Morgan fingerprint density at radius 3 is 2.58 bits per heavy atom. The number of nitrogens with one attached hydrogen (secondary N) is 1. The number of benzene rings is 1. The highest BCUT2D eigenvalue weighted by molar-refractivity contribution is 6.03. The molecule has 0 bridgehead atoms. The number of alkyl halides is 3. The van der Waals surface area contributed by atoms with Gasteiger partial charge in [0.2, 0.25) is 0 Å². The molecule has 1 aromatic carbocycles. The van der Waals surface area contributed by atoms with E-state index in [2.05, 4.69) is 22.0 Å². The average Bonchev–Trinajstić information content (AvgIpc) is 2.85. The number of nitrogens with zero attached hydrogens (tertiary/aromatic N) is 3. The third kappa shape index (κ3) is 6.80. The van der Waals surface area contributed by atoms with Gasteiger partial charge in [0, 0.05) is 43.9 Å². The Labute approximate surface area is 207 Å². The summed E-state index contributed by atoms with van der Waals surface area (Å²) in [5.41, 5.74) is 0.177. The summed E-state index contributed by atoms with van der Waals surface area (Å²) in [7, 11) is 0. The van der Waals surface area contributed by atoms with Gasteiger partial charge in [0.15, 0.2) is 0 Å². The number of rotatable bonds is 7. The lowest BCUT2D eigenvalue weighted by Gasteiger charge is -2.32. The second-order valence-corrected chi connectivity index (χ2v) is 8.22. The van der Waals surface area contributed by atoms with Crippen molar-refractivity contribution in [3.63, 3.8) is 0 Å². The highest BCUT2D eigenvalue weighted by Gasteiger charge is 2.33. The van der Waals surface area contributed by atoms with E-state index in [1.807, 2.05) is 13.8 Å². The van der Waals surface area contributed by atoms with Gasteiger partial charge >= 0.3 is 6.18 Å². The molecule has 2 amide bonds. The van der Waals surface area contributed by atoms with Crippen LogP contribution >= 0.6 is 0 Å². The summed E-state index contributed by atoms with van der Waals surface area (Å²) in [6.45, 7) is 8.09. The van der Waals surface area contributed by atoms with Gasteiger partial charge in [0.05, 0.1) is 5.57 Å². The third-order valence-electron chi connectivity index (χ3n) is 5.56. The van der Waals surface area contributed by atoms with Crippen molar-refractivity contribution in [1.82, 2.24) is 9.88 Å². The number of aromatic nitrogens is 1. The van der Waals surface area contributed by atoms with Crippen molar-refractivity contribution >= 4 is 24.2 Å². The first-order chi connectivity index (χ1) is 17.1. The van der Waals surface area contributed by atoms with Crippen molar-refractivity contribution in [1.29, 1.82) is 0 Å². The lowest BCUT2D eigenvalue weighted by Crippen LogP contribution is -2.42. The smallest absolute Gasteiger partial charge is 0.433 e. The number of ether oxygens (including phenoxy) is 1. The Bertz CT molecular complexity index is 1180. The van der Waals surface area contributed by atoms with Crippen LogP contribution in [-0.4, -0.2) is 47.6 Å². The quantitative estimate of drug-likeness (QED) is 0.322. The summed E-state index contributed by atoms with van der Waals surface area (Å²) in [4.78, 5) is 34.0. The van der Waals surface area contributed by atoms with E-state index in [4.69, 9.17) is 4.74 Å². The van der Waals surface area contributed by atoms with E-state index in [1.54, 1.807) is 35.3 Å². The minimum absolute atomic E-state index is 0.122. The summed E-state index contributed by atoms with van der Waals surface area (Å²) in [5.74, 6) is -0.343. The molecule has 3 rings (SSSR count). The number of hydrogen-bond acceptors (Lipinski definition) is 5. The van der Waals surface area contributed by atoms with Crippen molar-refractivity contribution in [2.45, 2.75) is 39.0 Å². The molecule has 7 nitrogen and oxygen atoms in total. The van der Waals surface area contributed by atoms with Crippen LogP contribution in [0.1, 0.15) is 41.5 Å². The fraction of sp³-hybridized carbons (Fsp3) is 0.308. The minimum atomic E-state index is -4.64. The zero-order valence-corrected chi connectivity index (χ0v) is 20.0. The molecule has 0 spiro atoms. The standard InChI is InChI=1S/C26H27F3N4O3/c1-4-6-18(16-30-3)25(35)33-13-11-20(12-14-33)36-22-15-19(10-9-17(22)2)31-24(34)21-7-5-8-23(32-21)26(27,28)29/h4-10,15-16,20H,3,11-14H2,1-2H3,(H,31,34)/b6-4-,18-16+. The Morgan fingerprint density at radius 2 is 1.94 bits per heavy atom. The summed E-state index contributed by atoms with van der Waals surface area (Å²) in [6, 6.07) is 8.17. The molecular weight excluding hydrogens is 473 g/mol. The van der Waals surface area contributed by atoms with Crippen LogP contribution in [0.4, 0.5) is 18.9 Å². The average molecular weight is 501 g/mol. The highest BCUT2D eigenvalue weighted by atomic mass is 19.4. The number of halogens is 3. The maximum Gasteiger partial charge on any atom is 0.433 e. The number of amides is 2. The fourth-order valence-electron chi connectivity index (χ4n) is 3.71. The zero-order chi connectivity index (χ0) is 26.3. The van der Waals surface area contributed by atoms with Crippen molar-refractivity contribution in [3.8, 4) is 5.75 Å². The summed E-state index contributed by atoms with van der Waals surface area (Å²) >= 11 is 0. The third-order valence-corrected chi connectivity index (χ3v) is 5.56. The van der Waals surface area contributed by atoms with E-state index in [0.29, 0.717) is 42.9 Å². The van der Waals surface area contributed by atoms with Crippen molar-refractivity contribution < 1.29 is 27.5 Å². The first kappa shape index (κ1) is 26.7. The first-order valence-corrected chi connectivity index (χ1v) is 11.3. The normalized spacial score (nSPS) is 15.1. The number of allylic oxidation sites excluding steroid dienone is 1. The van der Waals surface area contributed by atoms with Crippen LogP contribution in [0.25, 0.3) is 0 Å². The molecule has 1 aliphatic rings. The van der Waals surface area contributed by atoms with E-state index in [0.717, 1.165) is 17.7 Å². The van der Waals surface area contributed by atoms with Gasteiger partial charge in [0.1, 0.15) is 23.2 Å². The van der Waals surface area contributed by atoms with Crippen LogP contribution in [0.15, 0.2) is 65.3 Å². The summed E-state index contributed by atoms with van der Waals surface area (Å²) in [6.07, 6.45) is 1.33. The molecule has 1 saturated heterocycles. The molecule has 10 heteroatoms. The second-order valence-electron chi connectivity index (χ2n) is 8.22. The Hall–Kier alpha value is -3.95. The number of likely N-dealkylation sites (tertiary alicyclic amines) is 1. The molecule has 0 saturated carbocycles. The highest BCUT2D eigenvalue weighted by Crippen LogP contribution is 2.29. The van der Waals surface area contributed by atoms with E-state index in [9.17, 15) is 22.8 Å². The van der Waals surface area contributed by atoms with Gasteiger partial charge in [-0.2, -0.15) is 13.2 Å². The Balaban J connectivity index is 1.64. The number of carbonyl (C=O) groups excluding carboxylic acids is 2. The number of anilines is 1. The largest absolute Gasteiger partial charge is 0.490 e. The SMILES string of the molecule is C=N/C=C(\C=C/C)C(=O)N1CCC(Oc2cc(NC(=O)c3cccc(C(F)(F)F)n3)ccc2C)CC1. The van der Waals surface area contributed by atoms with Gasteiger partial charge in [-0.05, 0) is 44.3 Å². The van der Waals surface area contributed by atoms with Crippen LogP contribution in [0.3, 0.4) is 0 Å². The van der Waals surface area contributed by atoms with Crippen LogP contribution in [0.2, 0.25) is 0 Å². The molecule has 190 valence electrons. The number of pyridine rings is 1. The molecule has 0 atom stereocenters. The lowest BCUT2D eigenvalue weighted by atomic mass is 10.1. The van der Waals surface area contributed by atoms with E-state index < -0.39 is 17.8 Å². The van der Waals surface area contributed by atoms with Crippen molar-refractivity contribution in [2.24, 2.45) is 4.99 Å². The fourth-order valence-corrected chi connectivity index (χ4v) is 3.71. The van der Waals surface area contributed by atoms with Gasteiger partial charge in [-0.1, -0.05) is 24.3 Å². The number of aliphatic imine (C=N–C) groups is 1. The molecule has 0 aliphatic carbocycles. The van der Waals surface area contributed by atoms with Gasteiger partial charge < -0.3 is 15.0 Å². The molecule has 36 heavy (non-hydrogen) atoms. The summed E-state index contributed by atoms with van der Waals surface area (Å²) in [5, 5.41) is 2.57. The molecule has 1 N–H and O–H groups in total. The van der Waals surface area contributed by atoms with E-state index in [1.165, 1.54) is 12.3 Å². The molecule has 1 aliphatic heterocycles. The van der Waals surface area contributed by atoms with Crippen LogP contribution in [-0.2, 0) is 11.0 Å². The zero-order valence-electron chi connectivity index (χ0n) is 20.0. The van der Waals surface area contributed by atoms with Crippen LogP contribution < -0.4 is 10.1 Å². The topological polar surface area (TPSA) is 83.9 Å². The van der Waals surface area contributed by atoms with E-state index in [-0.39, 0.29) is 17.7 Å². The second kappa shape index (κ2) is 11.7. The molecular formula is C26H27F3N4O3. The molecule has 0 radical (unpaired) electrons.